The second kappa shape index (κ2) is 5.16. The van der Waals surface area contributed by atoms with Gasteiger partial charge in [0.25, 0.3) is 0 Å². The van der Waals surface area contributed by atoms with Crippen LogP contribution in [0.4, 0.5) is 0 Å². The highest BCUT2D eigenvalue weighted by atomic mass is 16.5. The topological polar surface area (TPSA) is 79.9 Å². The molecule has 1 atom stereocenters. The molecule has 0 aliphatic heterocycles. The summed E-state index contributed by atoms with van der Waals surface area (Å²) < 4.78 is 10.2. The molecule has 0 aliphatic carbocycles. The molecular weight excluding hydrogens is 248 g/mol. The summed E-state index contributed by atoms with van der Waals surface area (Å²) in [7, 11) is 0. The van der Waals surface area contributed by atoms with Gasteiger partial charge in [0.15, 0.2) is 11.5 Å². The van der Waals surface area contributed by atoms with Crippen molar-refractivity contribution in [1.29, 1.82) is 0 Å². The van der Waals surface area contributed by atoms with Gasteiger partial charge < -0.3 is 19.4 Å². The Hall–Kier alpha value is -2.27. The lowest BCUT2D eigenvalue weighted by Crippen LogP contribution is -2.18. The van der Waals surface area contributed by atoms with Crippen LogP contribution in [0.25, 0.3) is 11.0 Å². The summed E-state index contributed by atoms with van der Waals surface area (Å²) in [4.78, 5) is 11.0. The van der Waals surface area contributed by atoms with E-state index in [4.69, 9.17) is 9.15 Å². The summed E-state index contributed by atoms with van der Waals surface area (Å²) in [5, 5.41) is 19.9. The molecule has 1 unspecified atom stereocenters. The van der Waals surface area contributed by atoms with Gasteiger partial charge in [-0.3, -0.25) is 0 Å². The lowest BCUT2D eigenvalue weighted by Gasteiger charge is -2.13. The Morgan fingerprint density at radius 1 is 1.47 bits per heavy atom. The van der Waals surface area contributed by atoms with E-state index in [0.29, 0.717) is 11.0 Å². The fraction of sp³-hybridized carbons (Fsp3) is 0.214. The third-order valence-electron chi connectivity index (χ3n) is 2.67. The maximum atomic E-state index is 11.0. The minimum atomic E-state index is -0.802. The highest BCUT2D eigenvalue weighted by Gasteiger charge is 2.10. The molecular formula is C14H14O5. The van der Waals surface area contributed by atoms with E-state index >= 15 is 0 Å². The first-order chi connectivity index (χ1) is 8.97. The van der Waals surface area contributed by atoms with Crippen LogP contribution in [0.3, 0.4) is 0 Å². The molecule has 0 amide bonds. The number of fused-ring (bicyclic) bond motifs is 1. The maximum absolute atomic E-state index is 11.0. The fourth-order valence-electron chi connectivity index (χ4n) is 1.51. The SMILES string of the molecule is C=C(C)C(O)COc1cc2ccc(=O)oc2cc1O. The van der Waals surface area contributed by atoms with Crippen molar-refractivity contribution in [2.75, 3.05) is 6.61 Å². The van der Waals surface area contributed by atoms with Crippen molar-refractivity contribution in [3.05, 3.63) is 46.8 Å². The number of hydrogen-bond acceptors (Lipinski definition) is 5. The van der Waals surface area contributed by atoms with Crippen molar-refractivity contribution in [1.82, 2.24) is 0 Å². The molecule has 0 bridgehead atoms. The number of aromatic hydroxyl groups is 1. The van der Waals surface area contributed by atoms with Crippen LogP contribution in [0.2, 0.25) is 0 Å². The molecule has 5 heteroatoms. The van der Waals surface area contributed by atoms with Gasteiger partial charge in [-0.2, -0.15) is 0 Å². The Morgan fingerprint density at radius 2 is 2.21 bits per heavy atom. The van der Waals surface area contributed by atoms with Crippen LogP contribution in [-0.4, -0.2) is 22.9 Å². The Labute approximate surface area is 109 Å². The van der Waals surface area contributed by atoms with Crippen LogP contribution >= 0.6 is 0 Å². The lowest BCUT2D eigenvalue weighted by atomic mass is 10.2. The number of aliphatic hydroxyl groups is 1. The summed E-state index contributed by atoms with van der Waals surface area (Å²) in [6.45, 7) is 5.28. The highest BCUT2D eigenvalue weighted by molar-refractivity contribution is 5.80. The van der Waals surface area contributed by atoms with E-state index in [-0.39, 0.29) is 23.7 Å². The molecule has 0 saturated carbocycles. The first-order valence-electron chi connectivity index (χ1n) is 5.70. The van der Waals surface area contributed by atoms with Gasteiger partial charge in [-0.1, -0.05) is 6.58 Å². The monoisotopic (exact) mass is 262 g/mol. The zero-order valence-corrected chi connectivity index (χ0v) is 10.4. The molecule has 2 rings (SSSR count). The summed E-state index contributed by atoms with van der Waals surface area (Å²) in [5.74, 6) is 0.0532. The van der Waals surface area contributed by atoms with E-state index in [1.54, 1.807) is 19.1 Å². The van der Waals surface area contributed by atoms with E-state index in [1.807, 2.05) is 0 Å². The summed E-state index contributed by atoms with van der Waals surface area (Å²) >= 11 is 0. The third-order valence-corrected chi connectivity index (χ3v) is 2.67. The molecule has 0 aliphatic rings. The number of rotatable bonds is 4. The first kappa shape index (κ1) is 13.2. The minimum Gasteiger partial charge on any atom is -0.504 e. The van der Waals surface area contributed by atoms with Gasteiger partial charge in [0, 0.05) is 17.5 Å². The number of aliphatic hydroxyl groups excluding tert-OH is 1. The van der Waals surface area contributed by atoms with Gasteiger partial charge >= 0.3 is 5.63 Å². The Balaban J connectivity index is 2.29. The van der Waals surface area contributed by atoms with Gasteiger partial charge in [-0.05, 0) is 24.6 Å². The van der Waals surface area contributed by atoms with Crippen LogP contribution in [0.5, 0.6) is 11.5 Å². The lowest BCUT2D eigenvalue weighted by molar-refractivity contribution is 0.133. The molecule has 5 nitrogen and oxygen atoms in total. The maximum Gasteiger partial charge on any atom is 0.336 e. The van der Waals surface area contributed by atoms with Gasteiger partial charge in [0.2, 0.25) is 0 Å². The van der Waals surface area contributed by atoms with Crippen LogP contribution < -0.4 is 10.4 Å². The summed E-state index contributed by atoms with van der Waals surface area (Å²) in [6, 6.07) is 5.70. The summed E-state index contributed by atoms with van der Waals surface area (Å²) in [5.41, 5.74) is 0.363. The Kier molecular flexibility index (Phi) is 3.57. The Bertz CT molecular complexity index is 671. The predicted octanol–water partition coefficient (Wildman–Crippen LogP) is 1.81. The van der Waals surface area contributed by atoms with E-state index < -0.39 is 11.7 Å². The van der Waals surface area contributed by atoms with Crippen LogP contribution in [0, 0.1) is 0 Å². The van der Waals surface area contributed by atoms with Gasteiger partial charge in [0.05, 0.1) is 0 Å². The van der Waals surface area contributed by atoms with E-state index in [9.17, 15) is 15.0 Å². The van der Waals surface area contributed by atoms with Crippen LogP contribution in [0.15, 0.2) is 45.6 Å². The van der Waals surface area contributed by atoms with Gasteiger partial charge in [0.1, 0.15) is 18.3 Å². The number of benzene rings is 1. The second-order valence-electron chi connectivity index (χ2n) is 4.29. The van der Waals surface area contributed by atoms with E-state index in [0.717, 1.165) is 0 Å². The smallest absolute Gasteiger partial charge is 0.336 e. The van der Waals surface area contributed by atoms with Gasteiger partial charge in [-0.25, -0.2) is 4.79 Å². The molecule has 2 aromatic rings. The standard InChI is InChI=1S/C14H14O5/c1-8(2)11(16)7-18-13-5-9-3-4-14(17)19-12(9)6-10(13)15/h3-6,11,15-16H,1,7H2,2H3. The van der Waals surface area contributed by atoms with Crippen molar-refractivity contribution in [2.24, 2.45) is 0 Å². The zero-order valence-electron chi connectivity index (χ0n) is 10.4. The normalized spacial score (nSPS) is 12.3. The number of ether oxygens (including phenoxy) is 1. The highest BCUT2D eigenvalue weighted by Crippen LogP contribution is 2.30. The number of phenolic OH excluding ortho intramolecular Hbond substituents is 1. The van der Waals surface area contributed by atoms with Crippen molar-refractivity contribution >= 4 is 11.0 Å². The fourth-order valence-corrected chi connectivity index (χ4v) is 1.51. The predicted molar refractivity (Wildman–Crippen MR) is 70.5 cm³/mol. The van der Waals surface area contributed by atoms with Crippen molar-refractivity contribution in [3.63, 3.8) is 0 Å². The molecule has 0 fully saturated rings. The van der Waals surface area contributed by atoms with Crippen LogP contribution in [0.1, 0.15) is 6.92 Å². The molecule has 1 aromatic carbocycles. The average molecular weight is 262 g/mol. The Morgan fingerprint density at radius 3 is 2.89 bits per heavy atom. The average Bonchev–Trinajstić information content (AvgIpc) is 2.35. The number of phenols is 1. The van der Waals surface area contributed by atoms with Crippen molar-refractivity contribution in [2.45, 2.75) is 13.0 Å². The molecule has 2 N–H and O–H groups in total. The van der Waals surface area contributed by atoms with Crippen molar-refractivity contribution in [3.8, 4) is 11.5 Å². The molecule has 0 saturated heterocycles. The van der Waals surface area contributed by atoms with Gasteiger partial charge in [-0.15, -0.1) is 0 Å². The zero-order chi connectivity index (χ0) is 14.0. The molecule has 1 heterocycles. The molecule has 100 valence electrons. The molecule has 0 spiro atoms. The third kappa shape index (κ3) is 2.95. The quantitative estimate of drug-likeness (QED) is 0.649. The molecule has 1 aromatic heterocycles. The first-order valence-corrected chi connectivity index (χ1v) is 5.70. The van der Waals surface area contributed by atoms with E-state index in [2.05, 4.69) is 6.58 Å². The van der Waals surface area contributed by atoms with Crippen LogP contribution in [-0.2, 0) is 0 Å². The van der Waals surface area contributed by atoms with E-state index in [1.165, 1.54) is 12.1 Å². The minimum absolute atomic E-state index is 0.00875. The summed E-state index contributed by atoms with van der Waals surface area (Å²) in [6.07, 6.45) is -0.802. The second-order valence-corrected chi connectivity index (χ2v) is 4.29. The molecule has 0 radical (unpaired) electrons. The molecule has 19 heavy (non-hydrogen) atoms. The number of hydrogen-bond donors (Lipinski definition) is 2. The largest absolute Gasteiger partial charge is 0.504 e. The van der Waals surface area contributed by atoms with Crippen molar-refractivity contribution < 1.29 is 19.4 Å².